The van der Waals surface area contributed by atoms with Crippen LogP contribution in [0.3, 0.4) is 0 Å². The second kappa shape index (κ2) is 6.20. The summed E-state index contributed by atoms with van der Waals surface area (Å²) < 4.78 is 25.0. The summed E-state index contributed by atoms with van der Waals surface area (Å²) in [7, 11) is -2.14. The van der Waals surface area contributed by atoms with Gasteiger partial charge in [-0.3, -0.25) is 9.10 Å². The van der Waals surface area contributed by atoms with Gasteiger partial charge in [0.15, 0.2) is 0 Å². The van der Waals surface area contributed by atoms with E-state index >= 15 is 0 Å². The molecule has 19 heavy (non-hydrogen) atoms. The molecule has 0 spiro atoms. The van der Waals surface area contributed by atoms with Crippen molar-refractivity contribution in [3.05, 3.63) is 29.8 Å². The second-order valence-corrected chi connectivity index (χ2v) is 6.06. The van der Waals surface area contributed by atoms with Crippen molar-refractivity contribution >= 4 is 21.7 Å². The zero-order valence-corrected chi connectivity index (χ0v) is 11.2. The molecule has 0 amide bonds. The minimum absolute atomic E-state index is 0.0677. The zero-order chi connectivity index (χ0) is 14.5. The zero-order valence-electron chi connectivity index (χ0n) is 10.4. The fraction of sp³-hybridized carbons (Fsp3) is 0.333. The number of nitriles is 1. The maximum Gasteiger partial charge on any atom is 0.303 e. The number of benzene rings is 1. The molecule has 102 valence electrons. The lowest BCUT2D eigenvalue weighted by Crippen LogP contribution is -2.29. The fourth-order valence-corrected chi connectivity index (χ4v) is 2.68. The third-order valence-electron chi connectivity index (χ3n) is 2.57. The molecule has 0 bridgehead atoms. The molecule has 0 aliphatic heterocycles. The van der Waals surface area contributed by atoms with Crippen molar-refractivity contribution in [3.8, 4) is 6.07 Å². The van der Waals surface area contributed by atoms with E-state index in [1.54, 1.807) is 0 Å². The Labute approximate surface area is 111 Å². The highest BCUT2D eigenvalue weighted by Crippen LogP contribution is 2.17. The SMILES string of the molecule is CN(c1ccc(C#N)cc1)S(=O)(=O)CCCC(=O)O. The van der Waals surface area contributed by atoms with Gasteiger partial charge in [-0.25, -0.2) is 8.42 Å². The topological polar surface area (TPSA) is 98.5 Å². The quantitative estimate of drug-likeness (QED) is 0.845. The molecular weight excluding hydrogens is 268 g/mol. The van der Waals surface area contributed by atoms with Gasteiger partial charge in [0, 0.05) is 13.5 Å². The Balaban J connectivity index is 2.77. The number of hydrogen-bond donors (Lipinski definition) is 1. The van der Waals surface area contributed by atoms with Crippen molar-refractivity contribution in [2.75, 3.05) is 17.1 Å². The third kappa shape index (κ3) is 4.26. The molecule has 0 saturated heterocycles. The lowest BCUT2D eigenvalue weighted by Gasteiger charge is -2.19. The van der Waals surface area contributed by atoms with Gasteiger partial charge in [-0.1, -0.05) is 0 Å². The molecular formula is C12H14N2O4S. The van der Waals surface area contributed by atoms with Crippen LogP contribution in [0.2, 0.25) is 0 Å². The third-order valence-corrected chi connectivity index (χ3v) is 4.42. The van der Waals surface area contributed by atoms with E-state index in [9.17, 15) is 13.2 Å². The molecule has 0 aromatic heterocycles. The van der Waals surface area contributed by atoms with Crippen molar-refractivity contribution in [2.45, 2.75) is 12.8 Å². The first kappa shape index (κ1) is 15.0. The molecule has 7 heteroatoms. The Morgan fingerprint density at radius 1 is 1.37 bits per heavy atom. The normalized spacial score (nSPS) is 10.7. The number of aliphatic carboxylic acids is 1. The minimum Gasteiger partial charge on any atom is -0.481 e. The van der Waals surface area contributed by atoms with Gasteiger partial charge in [0.1, 0.15) is 0 Å². The largest absolute Gasteiger partial charge is 0.481 e. The van der Waals surface area contributed by atoms with E-state index < -0.39 is 16.0 Å². The number of nitrogens with zero attached hydrogens (tertiary/aromatic N) is 2. The van der Waals surface area contributed by atoms with Gasteiger partial charge in [0.2, 0.25) is 10.0 Å². The summed E-state index contributed by atoms with van der Waals surface area (Å²) >= 11 is 0. The van der Waals surface area contributed by atoms with Gasteiger partial charge in [0.25, 0.3) is 0 Å². The van der Waals surface area contributed by atoms with Crippen molar-refractivity contribution < 1.29 is 18.3 Å². The Kier molecular flexibility index (Phi) is 4.89. The number of hydrogen-bond acceptors (Lipinski definition) is 4. The molecule has 1 aromatic carbocycles. The molecule has 0 atom stereocenters. The summed E-state index contributed by atoms with van der Waals surface area (Å²) in [5.74, 6) is -1.24. The van der Waals surface area contributed by atoms with Crippen LogP contribution >= 0.6 is 0 Å². The summed E-state index contributed by atoms with van der Waals surface area (Å²) in [5.41, 5.74) is 0.884. The summed E-state index contributed by atoms with van der Waals surface area (Å²) in [5, 5.41) is 17.1. The first-order chi connectivity index (χ1) is 8.86. The number of carboxylic acids is 1. The molecule has 1 N–H and O–H groups in total. The maximum atomic E-state index is 11.9. The molecule has 0 aliphatic carbocycles. The van der Waals surface area contributed by atoms with Gasteiger partial charge in [-0.05, 0) is 30.7 Å². The van der Waals surface area contributed by atoms with Crippen LogP contribution in [0.5, 0.6) is 0 Å². The number of sulfonamides is 1. The number of rotatable bonds is 6. The van der Waals surface area contributed by atoms with Crippen molar-refractivity contribution in [3.63, 3.8) is 0 Å². The Bertz CT molecular complexity index is 587. The highest BCUT2D eigenvalue weighted by Gasteiger charge is 2.18. The van der Waals surface area contributed by atoms with Crippen molar-refractivity contribution in [1.29, 1.82) is 5.26 Å². The van der Waals surface area contributed by atoms with Crippen molar-refractivity contribution in [1.82, 2.24) is 0 Å². The van der Waals surface area contributed by atoms with Gasteiger partial charge in [0.05, 0.1) is 23.1 Å². The first-order valence-corrected chi connectivity index (χ1v) is 7.16. The molecule has 0 saturated carbocycles. The van der Waals surface area contributed by atoms with Gasteiger partial charge < -0.3 is 5.11 Å². The molecule has 0 unspecified atom stereocenters. The predicted molar refractivity (Wildman–Crippen MR) is 70.2 cm³/mol. The molecule has 1 aromatic rings. The average Bonchev–Trinajstić information content (AvgIpc) is 2.37. The first-order valence-electron chi connectivity index (χ1n) is 5.55. The smallest absolute Gasteiger partial charge is 0.303 e. The molecule has 0 aliphatic rings. The van der Waals surface area contributed by atoms with Crippen LogP contribution in [0, 0.1) is 11.3 Å². The summed E-state index contributed by atoms with van der Waals surface area (Å²) in [4.78, 5) is 10.4. The predicted octanol–water partition coefficient (Wildman–Crippen LogP) is 1.19. The van der Waals surface area contributed by atoms with Crippen LogP contribution in [0.1, 0.15) is 18.4 Å². The Morgan fingerprint density at radius 2 is 1.95 bits per heavy atom. The number of carboxylic acid groups (broad SMARTS) is 1. The molecule has 1 rings (SSSR count). The molecule has 0 fully saturated rings. The van der Waals surface area contributed by atoms with E-state index in [2.05, 4.69) is 0 Å². The van der Waals surface area contributed by atoms with E-state index in [4.69, 9.17) is 10.4 Å². The Morgan fingerprint density at radius 3 is 2.42 bits per heavy atom. The van der Waals surface area contributed by atoms with Crippen LogP contribution in [0.15, 0.2) is 24.3 Å². The standard InChI is InChI=1S/C12H14N2O4S/c1-14(11-6-4-10(9-13)5-7-11)19(17,18)8-2-3-12(15)16/h4-7H,2-3,8H2,1H3,(H,15,16). The van der Waals surface area contributed by atoms with E-state index in [1.807, 2.05) is 6.07 Å². The van der Waals surface area contributed by atoms with Crippen LogP contribution < -0.4 is 4.31 Å². The second-order valence-electron chi connectivity index (χ2n) is 3.94. The molecule has 0 radical (unpaired) electrons. The van der Waals surface area contributed by atoms with Crippen LogP contribution in [0.25, 0.3) is 0 Å². The van der Waals surface area contributed by atoms with Gasteiger partial charge >= 0.3 is 5.97 Å². The highest BCUT2D eigenvalue weighted by atomic mass is 32.2. The number of anilines is 1. The summed E-state index contributed by atoms with van der Waals surface area (Å²) in [6.45, 7) is 0. The van der Waals surface area contributed by atoms with E-state index in [1.165, 1.54) is 31.3 Å². The molecule has 0 heterocycles. The van der Waals surface area contributed by atoms with Crippen molar-refractivity contribution in [2.24, 2.45) is 0 Å². The lowest BCUT2D eigenvalue weighted by atomic mass is 10.2. The lowest BCUT2D eigenvalue weighted by molar-refractivity contribution is -0.137. The van der Waals surface area contributed by atoms with Crippen LogP contribution in [0.4, 0.5) is 5.69 Å². The fourth-order valence-electron chi connectivity index (χ4n) is 1.45. The summed E-state index contributed by atoms with van der Waals surface area (Å²) in [6, 6.07) is 8.07. The highest BCUT2D eigenvalue weighted by molar-refractivity contribution is 7.92. The molecule has 6 nitrogen and oxygen atoms in total. The van der Waals surface area contributed by atoms with Gasteiger partial charge in [-0.15, -0.1) is 0 Å². The average molecular weight is 282 g/mol. The van der Waals surface area contributed by atoms with Crippen LogP contribution in [-0.2, 0) is 14.8 Å². The minimum atomic E-state index is -3.54. The monoisotopic (exact) mass is 282 g/mol. The number of carbonyl (C=O) groups is 1. The van der Waals surface area contributed by atoms with Gasteiger partial charge in [-0.2, -0.15) is 5.26 Å². The van der Waals surface area contributed by atoms with Crippen LogP contribution in [-0.4, -0.2) is 32.3 Å². The Hall–Kier alpha value is -2.07. The maximum absolute atomic E-state index is 11.9. The summed E-state index contributed by atoms with van der Waals surface area (Å²) in [6.07, 6.45) is -0.112. The van der Waals surface area contributed by atoms with E-state index in [0.29, 0.717) is 11.3 Å². The van der Waals surface area contributed by atoms with E-state index in [0.717, 1.165) is 4.31 Å². The van der Waals surface area contributed by atoms with E-state index in [-0.39, 0.29) is 18.6 Å².